The molecule has 0 unspecified atom stereocenters. The Morgan fingerprint density at radius 2 is 1.72 bits per heavy atom. The lowest BCUT2D eigenvalue weighted by atomic mass is 9.47. The van der Waals surface area contributed by atoms with Crippen LogP contribution >= 0.6 is 0 Å². The van der Waals surface area contributed by atoms with Gasteiger partial charge in [0.1, 0.15) is 0 Å². The largest absolute Gasteiger partial charge is 0.481 e. The summed E-state index contributed by atoms with van der Waals surface area (Å²) in [5.74, 6) is -0.196. The van der Waals surface area contributed by atoms with Gasteiger partial charge in [-0.15, -0.1) is 0 Å². The SMILES string of the molecule is C=C(CC[C@@H](C(=O)O)[C@@H]1CC[C@@]2(C)C3=C(CC[C@]12C)[C@@](C)(CCC(=O)OC)[C@H](C(=C)C)CC3)C(C)C. The molecule has 0 aliphatic heterocycles. The van der Waals surface area contributed by atoms with E-state index < -0.39 is 5.97 Å². The molecule has 0 aromatic rings. The Hall–Kier alpha value is -1.84. The highest BCUT2D eigenvalue weighted by Crippen LogP contribution is 2.71. The number of carbonyl (C=O) groups is 2. The lowest BCUT2D eigenvalue weighted by molar-refractivity contribution is -0.146. The number of aliphatic carboxylic acids is 1. The number of carboxylic acids is 1. The highest BCUT2D eigenvalue weighted by Gasteiger charge is 2.62. The molecule has 3 aliphatic carbocycles. The van der Waals surface area contributed by atoms with Crippen molar-refractivity contribution in [1.29, 1.82) is 0 Å². The Bertz CT molecular complexity index is 942. The number of esters is 1. The maximum absolute atomic E-state index is 12.6. The summed E-state index contributed by atoms with van der Waals surface area (Å²) in [6.45, 7) is 22.1. The summed E-state index contributed by atoms with van der Waals surface area (Å²) in [6.07, 6.45) is 8.81. The molecule has 0 aromatic carbocycles. The van der Waals surface area contributed by atoms with E-state index in [1.54, 1.807) is 5.57 Å². The van der Waals surface area contributed by atoms with Gasteiger partial charge in [0.2, 0.25) is 0 Å². The molecule has 0 heterocycles. The molecule has 3 rings (SSSR count). The average Bonchev–Trinajstić information content (AvgIpc) is 3.08. The number of hydrogen-bond donors (Lipinski definition) is 1. The van der Waals surface area contributed by atoms with E-state index >= 15 is 0 Å². The topological polar surface area (TPSA) is 63.6 Å². The molecule has 4 heteroatoms. The van der Waals surface area contributed by atoms with Gasteiger partial charge in [-0.25, -0.2) is 0 Å². The molecule has 0 amide bonds. The molecule has 6 atom stereocenters. The Morgan fingerprint density at radius 1 is 1.06 bits per heavy atom. The van der Waals surface area contributed by atoms with Crippen LogP contribution < -0.4 is 0 Å². The van der Waals surface area contributed by atoms with Gasteiger partial charge in [0.25, 0.3) is 0 Å². The van der Waals surface area contributed by atoms with Crippen LogP contribution in [0.25, 0.3) is 0 Å². The molecular weight excluding hydrogens is 448 g/mol. The standard InChI is InChI=1S/C32H50O4/c1-20(2)22(5)10-11-23(29(34)35)25-14-18-32(8)27-13-12-24(21(3)4)30(6,17-16-28(33)36-9)26(27)15-19-31(25,32)7/h20,23-25H,3,5,10-19H2,1-2,4,6-9H3,(H,34,35)/t23-,24+,25+,30+,31-,32+/m1/s1. The summed E-state index contributed by atoms with van der Waals surface area (Å²) < 4.78 is 5.00. The molecule has 0 radical (unpaired) electrons. The highest BCUT2D eigenvalue weighted by molar-refractivity contribution is 5.71. The third-order valence-electron chi connectivity index (χ3n) is 11.2. The van der Waals surface area contributed by atoms with Crippen molar-refractivity contribution < 1.29 is 19.4 Å². The van der Waals surface area contributed by atoms with Gasteiger partial charge in [-0.3, -0.25) is 9.59 Å². The summed E-state index contributed by atoms with van der Waals surface area (Å²) in [4.78, 5) is 24.7. The lowest BCUT2D eigenvalue weighted by Gasteiger charge is -2.57. The number of allylic oxidation sites excluding steroid dienone is 4. The second kappa shape index (κ2) is 10.5. The Morgan fingerprint density at radius 3 is 2.28 bits per heavy atom. The van der Waals surface area contributed by atoms with Crippen molar-refractivity contribution in [2.24, 2.45) is 39.9 Å². The van der Waals surface area contributed by atoms with Crippen LogP contribution in [0.1, 0.15) is 106 Å². The number of ether oxygens (including phenoxy) is 1. The fourth-order valence-corrected chi connectivity index (χ4v) is 8.51. The molecule has 36 heavy (non-hydrogen) atoms. The van der Waals surface area contributed by atoms with E-state index in [9.17, 15) is 14.7 Å². The van der Waals surface area contributed by atoms with Crippen LogP contribution in [-0.4, -0.2) is 24.2 Å². The van der Waals surface area contributed by atoms with Crippen LogP contribution in [0.3, 0.4) is 0 Å². The van der Waals surface area contributed by atoms with E-state index in [0.29, 0.717) is 24.7 Å². The fraction of sp³-hybridized carbons (Fsp3) is 0.750. The van der Waals surface area contributed by atoms with Crippen LogP contribution in [0.4, 0.5) is 0 Å². The number of hydrogen-bond acceptors (Lipinski definition) is 3. The van der Waals surface area contributed by atoms with Gasteiger partial charge in [0, 0.05) is 6.42 Å². The van der Waals surface area contributed by atoms with Crippen LogP contribution in [0.5, 0.6) is 0 Å². The maximum atomic E-state index is 12.6. The molecule has 4 nitrogen and oxygen atoms in total. The molecule has 0 saturated heterocycles. The molecule has 0 spiro atoms. The van der Waals surface area contributed by atoms with E-state index in [1.165, 1.54) is 18.3 Å². The summed E-state index contributed by atoms with van der Waals surface area (Å²) in [6, 6.07) is 0. The minimum atomic E-state index is -0.643. The molecule has 1 N–H and O–H groups in total. The van der Waals surface area contributed by atoms with Crippen LogP contribution in [-0.2, 0) is 14.3 Å². The minimum absolute atomic E-state index is 0.000572. The first-order valence-electron chi connectivity index (χ1n) is 14.1. The van der Waals surface area contributed by atoms with Crippen LogP contribution in [0.2, 0.25) is 0 Å². The summed E-state index contributed by atoms with van der Waals surface area (Å²) >= 11 is 0. The molecule has 202 valence electrons. The third-order valence-corrected chi connectivity index (χ3v) is 11.2. The Labute approximate surface area is 219 Å². The zero-order chi connectivity index (χ0) is 27.1. The second-order valence-corrected chi connectivity index (χ2v) is 13.1. The first-order chi connectivity index (χ1) is 16.7. The monoisotopic (exact) mass is 498 g/mol. The Balaban J connectivity index is 1.99. The summed E-state index contributed by atoms with van der Waals surface area (Å²) in [5, 5.41) is 10.3. The van der Waals surface area contributed by atoms with E-state index in [0.717, 1.165) is 56.9 Å². The van der Waals surface area contributed by atoms with Gasteiger partial charge in [0.15, 0.2) is 0 Å². The fourth-order valence-electron chi connectivity index (χ4n) is 8.51. The second-order valence-electron chi connectivity index (χ2n) is 13.1. The average molecular weight is 499 g/mol. The molecule has 1 fully saturated rings. The minimum Gasteiger partial charge on any atom is -0.481 e. The first kappa shape index (κ1) is 28.7. The van der Waals surface area contributed by atoms with E-state index in [-0.39, 0.29) is 34.1 Å². The van der Waals surface area contributed by atoms with Crippen LogP contribution in [0, 0.1) is 39.9 Å². The van der Waals surface area contributed by atoms with Gasteiger partial charge >= 0.3 is 11.9 Å². The van der Waals surface area contributed by atoms with Crippen molar-refractivity contribution >= 4 is 11.9 Å². The number of fused-ring (bicyclic) bond motifs is 2. The van der Waals surface area contributed by atoms with Gasteiger partial charge in [-0.2, -0.15) is 0 Å². The molecule has 1 saturated carbocycles. The first-order valence-corrected chi connectivity index (χ1v) is 14.1. The summed E-state index contributed by atoms with van der Waals surface area (Å²) in [7, 11) is 1.47. The van der Waals surface area contributed by atoms with E-state index in [1.807, 2.05) is 0 Å². The predicted molar refractivity (Wildman–Crippen MR) is 146 cm³/mol. The van der Waals surface area contributed by atoms with E-state index in [4.69, 9.17) is 4.74 Å². The lowest BCUT2D eigenvalue weighted by Crippen LogP contribution is -2.49. The zero-order valence-electron chi connectivity index (χ0n) is 24.0. The predicted octanol–water partition coefficient (Wildman–Crippen LogP) is 8.14. The van der Waals surface area contributed by atoms with Crippen molar-refractivity contribution in [1.82, 2.24) is 0 Å². The molecule has 0 aromatic heterocycles. The van der Waals surface area contributed by atoms with Crippen LogP contribution in [0.15, 0.2) is 35.5 Å². The smallest absolute Gasteiger partial charge is 0.306 e. The van der Waals surface area contributed by atoms with Gasteiger partial charge in [0.05, 0.1) is 13.0 Å². The Kier molecular flexibility index (Phi) is 8.38. The van der Waals surface area contributed by atoms with Gasteiger partial charge in [-0.1, -0.05) is 70.1 Å². The van der Waals surface area contributed by atoms with Crippen molar-refractivity contribution in [2.45, 2.75) is 106 Å². The van der Waals surface area contributed by atoms with Crippen molar-refractivity contribution in [3.05, 3.63) is 35.5 Å². The maximum Gasteiger partial charge on any atom is 0.306 e. The quantitative estimate of drug-likeness (QED) is 0.244. The van der Waals surface area contributed by atoms with Crippen molar-refractivity contribution in [3.63, 3.8) is 0 Å². The normalized spacial score (nSPS) is 34.7. The number of methoxy groups -OCH3 is 1. The van der Waals surface area contributed by atoms with Crippen molar-refractivity contribution in [2.75, 3.05) is 7.11 Å². The number of carbonyl (C=O) groups excluding carboxylic acids is 1. The molecule has 3 aliphatic rings. The molecular formula is C32H50O4. The van der Waals surface area contributed by atoms with Gasteiger partial charge in [-0.05, 0) is 98.7 Å². The number of rotatable bonds is 10. The highest BCUT2D eigenvalue weighted by atomic mass is 16.5. The zero-order valence-corrected chi connectivity index (χ0v) is 24.0. The summed E-state index contributed by atoms with van der Waals surface area (Å²) in [5.41, 5.74) is 5.32. The molecule has 0 bridgehead atoms. The van der Waals surface area contributed by atoms with Crippen molar-refractivity contribution in [3.8, 4) is 0 Å². The third kappa shape index (κ3) is 4.74. The van der Waals surface area contributed by atoms with Gasteiger partial charge < -0.3 is 9.84 Å². The number of carboxylic acid groups (broad SMARTS) is 1. The van der Waals surface area contributed by atoms with E-state index in [2.05, 4.69) is 54.7 Å².